The fourth-order valence-electron chi connectivity index (χ4n) is 3.40. The van der Waals surface area contributed by atoms with Crippen LogP contribution in [0.5, 0.6) is 0 Å². The van der Waals surface area contributed by atoms with E-state index in [2.05, 4.69) is 41.0 Å². The summed E-state index contributed by atoms with van der Waals surface area (Å²) < 4.78 is 1.86. The van der Waals surface area contributed by atoms with Gasteiger partial charge < -0.3 is 20.9 Å². The monoisotopic (exact) mass is 395 g/mol. The summed E-state index contributed by atoms with van der Waals surface area (Å²) in [4.78, 5) is 11.8. The minimum absolute atomic E-state index is 0.0472. The summed E-state index contributed by atoms with van der Waals surface area (Å²) in [6.45, 7) is 6.43. The second-order valence-corrected chi connectivity index (χ2v) is 8.00. The van der Waals surface area contributed by atoms with Crippen molar-refractivity contribution in [1.82, 2.24) is 30.0 Å². The molecule has 9 heteroatoms. The molecule has 3 aromatic heterocycles. The van der Waals surface area contributed by atoms with Crippen LogP contribution < -0.4 is 11.1 Å². The highest BCUT2D eigenvalue weighted by Gasteiger charge is 2.24. The average Bonchev–Trinajstić information content (AvgIpc) is 3.27. The van der Waals surface area contributed by atoms with Crippen molar-refractivity contribution in [2.45, 2.75) is 32.5 Å². The third kappa shape index (κ3) is 3.44. The molecule has 152 valence electrons. The molecule has 9 nitrogen and oxygen atoms in total. The van der Waals surface area contributed by atoms with Crippen LogP contribution in [-0.4, -0.2) is 48.1 Å². The van der Waals surface area contributed by atoms with E-state index in [0.29, 0.717) is 29.4 Å². The quantitative estimate of drug-likeness (QED) is 0.325. The fraction of sp³-hybridized carbons (Fsp3) is 0.350. The van der Waals surface area contributed by atoms with Gasteiger partial charge in [0, 0.05) is 17.6 Å². The lowest BCUT2D eigenvalue weighted by molar-refractivity contribution is 0.126. The Morgan fingerprint density at radius 1 is 1.24 bits per heavy atom. The van der Waals surface area contributed by atoms with Gasteiger partial charge in [-0.25, -0.2) is 14.6 Å². The van der Waals surface area contributed by atoms with E-state index in [1.54, 1.807) is 0 Å². The van der Waals surface area contributed by atoms with E-state index >= 15 is 0 Å². The number of aromatic nitrogens is 5. The number of H-pyrrole nitrogens is 1. The molecule has 0 aliphatic rings. The number of hydrogen-bond acceptors (Lipinski definition) is 7. The van der Waals surface area contributed by atoms with Crippen molar-refractivity contribution in [3.63, 3.8) is 0 Å². The van der Waals surface area contributed by atoms with Gasteiger partial charge in [-0.3, -0.25) is 5.32 Å². The van der Waals surface area contributed by atoms with Crippen LogP contribution in [0, 0.1) is 0 Å². The van der Waals surface area contributed by atoms with Gasteiger partial charge in [0.25, 0.3) is 0 Å². The molecule has 4 aromatic rings. The molecule has 3 heterocycles. The van der Waals surface area contributed by atoms with Crippen molar-refractivity contribution in [3.8, 4) is 11.3 Å². The molecule has 0 spiro atoms. The van der Waals surface area contributed by atoms with Crippen LogP contribution >= 0.6 is 0 Å². The molecular weight excluding hydrogens is 370 g/mol. The number of rotatable bonds is 5. The number of anilines is 1. The van der Waals surface area contributed by atoms with Crippen molar-refractivity contribution in [2.75, 3.05) is 18.9 Å². The van der Waals surface area contributed by atoms with Gasteiger partial charge >= 0.3 is 0 Å². The Kier molecular flexibility index (Phi) is 4.73. The zero-order valence-electron chi connectivity index (χ0n) is 16.6. The summed E-state index contributed by atoms with van der Waals surface area (Å²) in [5, 5.41) is 28.4. The fourth-order valence-corrected chi connectivity index (χ4v) is 3.40. The number of nitrogens with zero attached hydrogens (tertiary/aromatic N) is 4. The molecule has 1 aromatic carbocycles. The third-order valence-corrected chi connectivity index (χ3v) is 4.79. The molecule has 0 saturated carbocycles. The number of benzene rings is 1. The Hall–Kier alpha value is -3.01. The van der Waals surface area contributed by atoms with Gasteiger partial charge in [0.1, 0.15) is 24.1 Å². The van der Waals surface area contributed by atoms with Crippen molar-refractivity contribution < 1.29 is 10.2 Å². The van der Waals surface area contributed by atoms with E-state index < -0.39 is 6.23 Å². The smallest absolute Gasteiger partial charge is 0.164 e. The maximum absolute atomic E-state index is 10.2. The van der Waals surface area contributed by atoms with Gasteiger partial charge in [-0.2, -0.15) is 5.10 Å². The normalized spacial score (nSPS) is 13.4. The van der Waals surface area contributed by atoms with E-state index in [9.17, 15) is 5.11 Å². The lowest BCUT2D eigenvalue weighted by Crippen LogP contribution is -2.24. The van der Waals surface area contributed by atoms with Crippen LogP contribution in [0.15, 0.2) is 30.6 Å². The topological polar surface area (TPSA) is 138 Å². The molecule has 0 aliphatic heterocycles. The van der Waals surface area contributed by atoms with E-state index in [0.717, 1.165) is 21.9 Å². The van der Waals surface area contributed by atoms with E-state index in [4.69, 9.17) is 15.9 Å². The molecule has 0 amide bonds. The van der Waals surface area contributed by atoms with E-state index in [1.807, 2.05) is 28.9 Å². The molecule has 29 heavy (non-hydrogen) atoms. The Balaban J connectivity index is 1.84. The molecular formula is C20H25N7O2. The van der Waals surface area contributed by atoms with Crippen LogP contribution in [0.1, 0.15) is 32.7 Å². The van der Waals surface area contributed by atoms with Gasteiger partial charge in [-0.05, 0) is 38.3 Å². The number of nitrogen functional groups attached to an aromatic ring is 1. The number of aliphatic hydroxyl groups is 2. The third-order valence-electron chi connectivity index (χ3n) is 4.79. The Morgan fingerprint density at radius 2 is 2.03 bits per heavy atom. The lowest BCUT2D eigenvalue weighted by atomic mass is 10.1. The Morgan fingerprint density at radius 3 is 2.76 bits per heavy atom. The zero-order valence-corrected chi connectivity index (χ0v) is 16.6. The van der Waals surface area contributed by atoms with Gasteiger partial charge in [0.05, 0.1) is 23.2 Å². The standard InChI is InChI=1S/C20H25N7O2/c1-20(2,3)27-18-15(17(21)23-10-24-18)16(26-27)12-5-4-11-8-14(25-13(11)9-12)19(29)22-6-7-28/h4-5,8-10,19,22,25,28-29H,6-7H2,1-3H3,(H2,21,23,24). The van der Waals surface area contributed by atoms with Gasteiger partial charge in [0.2, 0.25) is 0 Å². The minimum Gasteiger partial charge on any atom is -0.395 e. The molecule has 1 atom stereocenters. The predicted molar refractivity (Wildman–Crippen MR) is 112 cm³/mol. The number of hydrogen-bond donors (Lipinski definition) is 5. The minimum atomic E-state index is -0.886. The Bertz CT molecular complexity index is 1170. The van der Waals surface area contributed by atoms with Crippen LogP contribution in [0.25, 0.3) is 33.2 Å². The summed E-state index contributed by atoms with van der Waals surface area (Å²) in [5.74, 6) is 0.386. The first-order valence-electron chi connectivity index (χ1n) is 9.44. The summed E-state index contributed by atoms with van der Waals surface area (Å²) in [7, 11) is 0. The van der Waals surface area contributed by atoms with Crippen molar-refractivity contribution in [2.24, 2.45) is 0 Å². The van der Waals surface area contributed by atoms with Gasteiger partial charge in [0.15, 0.2) is 5.65 Å². The SMILES string of the molecule is CC(C)(C)n1nc(-c2ccc3cc(C(O)NCCO)[nH]c3c2)c2c(N)ncnc21. The van der Waals surface area contributed by atoms with E-state index in [-0.39, 0.29) is 12.1 Å². The summed E-state index contributed by atoms with van der Waals surface area (Å²) in [5.41, 5.74) is 9.66. The summed E-state index contributed by atoms with van der Waals surface area (Å²) in [6, 6.07) is 7.77. The Labute approximate surface area is 167 Å². The average molecular weight is 395 g/mol. The van der Waals surface area contributed by atoms with Crippen molar-refractivity contribution in [3.05, 3.63) is 36.3 Å². The number of fused-ring (bicyclic) bond motifs is 2. The molecule has 0 aliphatic carbocycles. The molecule has 4 rings (SSSR count). The molecule has 0 radical (unpaired) electrons. The van der Waals surface area contributed by atoms with Gasteiger partial charge in [-0.1, -0.05) is 12.1 Å². The first-order valence-corrected chi connectivity index (χ1v) is 9.44. The molecule has 0 fully saturated rings. The highest BCUT2D eigenvalue weighted by molar-refractivity contribution is 6.00. The van der Waals surface area contributed by atoms with Crippen LogP contribution in [-0.2, 0) is 5.54 Å². The number of nitrogens with one attached hydrogen (secondary N) is 2. The highest BCUT2D eigenvalue weighted by Crippen LogP contribution is 2.34. The molecule has 1 unspecified atom stereocenters. The van der Waals surface area contributed by atoms with Crippen LogP contribution in [0.2, 0.25) is 0 Å². The molecule has 0 saturated heterocycles. The first-order chi connectivity index (χ1) is 13.8. The lowest BCUT2D eigenvalue weighted by Gasteiger charge is -2.19. The summed E-state index contributed by atoms with van der Waals surface area (Å²) in [6.07, 6.45) is 0.565. The largest absolute Gasteiger partial charge is 0.395 e. The van der Waals surface area contributed by atoms with E-state index in [1.165, 1.54) is 6.33 Å². The second kappa shape index (κ2) is 7.11. The van der Waals surface area contributed by atoms with Gasteiger partial charge in [-0.15, -0.1) is 0 Å². The highest BCUT2D eigenvalue weighted by atomic mass is 16.3. The summed E-state index contributed by atoms with van der Waals surface area (Å²) >= 11 is 0. The maximum atomic E-state index is 10.2. The number of aromatic amines is 1. The van der Waals surface area contributed by atoms with Crippen molar-refractivity contribution in [1.29, 1.82) is 0 Å². The number of aliphatic hydroxyl groups excluding tert-OH is 2. The second-order valence-electron chi connectivity index (χ2n) is 8.00. The van der Waals surface area contributed by atoms with Crippen molar-refractivity contribution >= 4 is 27.8 Å². The zero-order chi connectivity index (χ0) is 20.8. The molecule has 0 bridgehead atoms. The predicted octanol–water partition coefficient (Wildman–Crippen LogP) is 1.88. The first kappa shape index (κ1) is 19.3. The maximum Gasteiger partial charge on any atom is 0.164 e. The van der Waals surface area contributed by atoms with Crippen LogP contribution in [0.4, 0.5) is 5.82 Å². The number of nitrogens with two attached hydrogens (primary N) is 1. The van der Waals surface area contributed by atoms with Crippen LogP contribution in [0.3, 0.4) is 0 Å². The molecule has 6 N–H and O–H groups in total.